The third-order valence-electron chi connectivity index (χ3n) is 5.58. The maximum atomic E-state index is 14.3. The van der Waals surface area contributed by atoms with E-state index in [1.165, 1.54) is 18.3 Å². The zero-order chi connectivity index (χ0) is 26.4. The summed E-state index contributed by atoms with van der Waals surface area (Å²) < 4.78 is 69.2. The van der Waals surface area contributed by atoms with E-state index >= 15 is 0 Å². The fourth-order valence-corrected chi connectivity index (χ4v) is 4.03. The van der Waals surface area contributed by atoms with Crippen molar-refractivity contribution in [2.75, 3.05) is 18.0 Å². The van der Waals surface area contributed by atoms with Crippen molar-refractivity contribution in [3.05, 3.63) is 73.7 Å². The molecule has 1 aliphatic rings. The van der Waals surface area contributed by atoms with Crippen molar-refractivity contribution < 1.29 is 22.0 Å². The van der Waals surface area contributed by atoms with Gasteiger partial charge in [-0.25, -0.2) is 18.1 Å². The van der Waals surface area contributed by atoms with E-state index < -0.39 is 71.6 Å². The van der Waals surface area contributed by atoms with Crippen LogP contribution < -0.4 is 16.1 Å². The van der Waals surface area contributed by atoms with Crippen LogP contribution in [0, 0.1) is 40.2 Å². The summed E-state index contributed by atoms with van der Waals surface area (Å²) in [6, 6.07) is 5.77. The first-order valence-electron chi connectivity index (χ1n) is 10.1. The van der Waals surface area contributed by atoms with Gasteiger partial charge in [-0.15, -0.1) is 0 Å². The largest absolute Gasteiger partial charge is 0.395 e. The highest BCUT2D eigenvalue weighted by Gasteiger charge is 2.48. The van der Waals surface area contributed by atoms with Crippen LogP contribution in [0.2, 0.25) is 5.02 Å². The molecule has 0 spiro atoms. The van der Waals surface area contributed by atoms with E-state index in [-0.39, 0.29) is 16.3 Å². The average molecular weight is 523 g/mol. The molecule has 0 amide bonds. The predicted octanol–water partition coefficient (Wildman–Crippen LogP) is 3.39. The summed E-state index contributed by atoms with van der Waals surface area (Å²) in [5, 5.41) is 18.6. The molecule has 1 saturated heterocycles. The fourth-order valence-electron chi connectivity index (χ4n) is 3.86. The Bertz CT molecular complexity index is 1580. The van der Waals surface area contributed by atoms with E-state index in [1.807, 2.05) is 0 Å². The molecule has 1 aliphatic heterocycles. The van der Waals surface area contributed by atoms with Crippen molar-refractivity contribution >= 4 is 17.4 Å². The Morgan fingerprint density at radius 1 is 1.11 bits per heavy atom. The fraction of sp³-hybridized carbons (Fsp3) is 0.227. The van der Waals surface area contributed by atoms with E-state index in [4.69, 9.17) is 11.6 Å². The Morgan fingerprint density at radius 3 is 2.39 bits per heavy atom. The zero-order valence-electron chi connectivity index (χ0n) is 17.9. The molecule has 3 heterocycles. The van der Waals surface area contributed by atoms with Gasteiger partial charge in [0.05, 0.1) is 40.0 Å². The summed E-state index contributed by atoms with van der Waals surface area (Å²) in [6.07, 6.45) is -2.25. The summed E-state index contributed by atoms with van der Waals surface area (Å²) in [6.45, 7) is -2.01. The lowest BCUT2D eigenvalue weighted by Crippen LogP contribution is -2.56. The zero-order valence-corrected chi connectivity index (χ0v) is 18.6. The lowest BCUT2D eigenvalue weighted by molar-refractivity contribution is -0.180. The third-order valence-corrected chi connectivity index (χ3v) is 5.78. The van der Waals surface area contributed by atoms with Gasteiger partial charge in [-0.3, -0.25) is 14.3 Å². The lowest BCUT2D eigenvalue weighted by Gasteiger charge is -2.43. The van der Waals surface area contributed by atoms with Crippen LogP contribution in [0.5, 0.6) is 0 Å². The first kappa shape index (κ1) is 24.9. The van der Waals surface area contributed by atoms with Crippen LogP contribution >= 0.6 is 11.6 Å². The molecular formula is C22H12ClF5N6O2. The van der Waals surface area contributed by atoms with Crippen LogP contribution in [-0.4, -0.2) is 33.4 Å². The number of benzene rings is 1. The summed E-state index contributed by atoms with van der Waals surface area (Å²) in [4.78, 5) is 31.8. The highest BCUT2D eigenvalue weighted by atomic mass is 35.5. The van der Waals surface area contributed by atoms with Crippen molar-refractivity contribution in [3.63, 3.8) is 0 Å². The van der Waals surface area contributed by atoms with Crippen LogP contribution in [0.15, 0.2) is 40.2 Å². The minimum absolute atomic E-state index is 0.0339. The smallest absolute Gasteiger partial charge is 0.356 e. The van der Waals surface area contributed by atoms with Crippen molar-refractivity contribution in [1.82, 2.24) is 14.1 Å². The van der Waals surface area contributed by atoms with Crippen molar-refractivity contribution in [2.24, 2.45) is 5.92 Å². The molecular weight excluding hydrogens is 511 g/mol. The molecule has 2 aromatic heterocycles. The number of alkyl halides is 3. The number of nitriles is 2. The molecule has 0 radical (unpaired) electrons. The minimum atomic E-state index is -4.56. The summed E-state index contributed by atoms with van der Waals surface area (Å²) in [5.74, 6) is -5.17. The molecule has 4 rings (SSSR count). The second-order valence-corrected chi connectivity index (χ2v) is 8.24. The second kappa shape index (κ2) is 9.09. The monoisotopic (exact) mass is 522 g/mol. The number of aromatic nitrogens is 3. The van der Waals surface area contributed by atoms with Crippen molar-refractivity contribution in [1.29, 1.82) is 10.5 Å². The van der Waals surface area contributed by atoms with Crippen LogP contribution in [0.4, 0.5) is 27.8 Å². The number of rotatable bonds is 4. The van der Waals surface area contributed by atoms with Gasteiger partial charge in [-0.05, 0) is 23.8 Å². The van der Waals surface area contributed by atoms with Gasteiger partial charge in [-0.1, -0.05) is 11.6 Å². The van der Waals surface area contributed by atoms with Gasteiger partial charge < -0.3 is 4.90 Å². The van der Waals surface area contributed by atoms with Gasteiger partial charge in [0.2, 0.25) is 0 Å². The standard InChI is InChI=1S/C22H12ClF5N6O2/c23-14-5-15(8-31-7-14)34-20(35)17(11-3-12(6-30)18(25)16(24)4-11)19(33(2-1-29)21(34)36)32-9-13(10-32)22(26,27)28/h3-5,7-8,13H,2,9-10H2. The predicted molar refractivity (Wildman–Crippen MR) is 117 cm³/mol. The second-order valence-electron chi connectivity index (χ2n) is 7.80. The van der Waals surface area contributed by atoms with E-state index in [0.29, 0.717) is 10.6 Å². The van der Waals surface area contributed by atoms with Crippen LogP contribution in [0.1, 0.15) is 5.56 Å². The van der Waals surface area contributed by atoms with Gasteiger partial charge in [0, 0.05) is 19.3 Å². The molecule has 1 fully saturated rings. The van der Waals surface area contributed by atoms with Gasteiger partial charge >= 0.3 is 11.9 Å². The Hall–Kier alpha value is -4.23. The number of halogens is 6. The van der Waals surface area contributed by atoms with Gasteiger partial charge in [0.15, 0.2) is 11.6 Å². The van der Waals surface area contributed by atoms with Crippen LogP contribution in [-0.2, 0) is 6.54 Å². The molecule has 0 unspecified atom stereocenters. The Kier molecular flexibility index (Phi) is 6.28. The highest BCUT2D eigenvalue weighted by Crippen LogP contribution is 2.39. The number of hydrogen-bond donors (Lipinski definition) is 0. The van der Waals surface area contributed by atoms with Crippen molar-refractivity contribution in [3.8, 4) is 29.0 Å². The van der Waals surface area contributed by atoms with Gasteiger partial charge in [0.25, 0.3) is 5.56 Å². The lowest BCUT2D eigenvalue weighted by atomic mass is 9.97. The van der Waals surface area contributed by atoms with E-state index in [1.54, 1.807) is 6.07 Å². The van der Waals surface area contributed by atoms with Crippen LogP contribution in [0.25, 0.3) is 16.8 Å². The molecule has 0 atom stereocenters. The Labute approximate surface area is 203 Å². The summed E-state index contributed by atoms with van der Waals surface area (Å²) in [5.41, 5.74) is -4.03. The molecule has 1 aromatic carbocycles. The number of pyridine rings is 1. The molecule has 3 aromatic rings. The molecule has 0 saturated carbocycles. The molecule has 0 aliphatic carbocycles. The van der Waals surface area contributed by atoms with E-state index in [9.17, 15) is 42.1 Å². The molecule has 184 valence electrons. The molecule has 14 heteroatoms. The van der Waals surface area contributed by atoms with Gasteiger partial charge in [-0.2, -0.15) is 23.7 Å². The minimum Gasteiger partial charge on any atom is -0.356 e. The van der Waals surface area contributed by atoms with E-state index in [0.717, 1.165) is 21.7 Å². The van der Waals surface area contributed by atoms with E-state index in [2.05, 4.69) is 4.98 Å². The normalized spacial score (nSPS) is 13.7. The molecule has 36 heavy (non-hydrogen) atoms. The number of anilines is 1. The SMILES string of the molecule is N#CCn1c(N2CC(C(F)(F)F)C2)c(-c2cc(F)c(F)c(C#N)c2)c(=O)n(-c2cncc(Cl)c2)c1=O. The number of nitrogens with zero attached hydrogens (tertiary/aromatic N) is 6. The number of hydrogen-bond acceptors (Lipinski definition) is 6. The third kappa shape index (κ3) is 4.18. The maximum Gasteiger partial charge on any atom is 0.395 e. The first-order valence-corrected chi connectivity index (χ1v) is 10.4. The first-order chi connectivity index (χ1) is 17.0. The van der Waals surface area contributed by atoms with Gasteiger partial charge in [0.1, 0.15) is 18.4 Å². The summed E-state index contributed by atoms with van der Waals surface area (Å²) in [7, 11) is 0. The molecule has 0 N–H and O–H groups in total. The van der Waals surface area contributed by atoms with Crippen molar-refractivity contribution in [2.45, 2.75) is 12.7 Å². The highest BCUT2D eigenvalue weighted by molar-refractivity contribution is 6.30. The average Bonchev–Trinajstić information content (AvgIpc) is 2.76. The quantitative estimate of drug-likeness (QED) is 0.486. The molecule has 8 nitrogen and oxygen atoms in total. The summed E-state index contributed by atoms with van der Waals surface area (Å²) >= 11 is 5.93. The van der Waals surface area contributed by atoms with Crippen LogP contribution in [0.3, 0.4) is 0 Å². The Morgan fingerprint density at radius 2 is 1.81 bits per heavy atom. The topological polar surface area (TPSA) is 108 Å². The molecule has 0 bridgehead atoms. The maximum absolute atomic E-state index is 14.3. The Balaban J connectivity index is 2.10.